The smallest absolute Gasteiger partial charge is 0.325 e. The van der Waals surface area contributed by atoms with E-state index in [1.165, 1.54) is 19.3 Å². The van der Waals surface area contributed by atoms with Gasteiger partial charge in [0.1, 0.15) is 12.1 Å². The molecule has 2 N–H and O–H groups in total. The average molecular weight is 600 g/mol. The van der Waals surface area contributed by atoms with Crippen molar-refractivity contribution in [2.24, 2.45) is 62.6 Å². The zero-order chi connectivity index (χ0) is 31.8. The van der Waals surface area contributed by atoms with Gasteiger partial charge in [0.05, 0.1) is 5.41 Å². The zero-order valence-corrected chi connectivity index (χ0v) is 28.7. The van der Waals surface area contributed by atoms with Crippen molar-refractivity contribution in [2.45, 2.75) is 152 Å². The molecule has 0 aromatic heterocycles. The van der Waals surface area contributed by atoms with Crippen molar-refractivity contribution < 1.29 is 24.2 Å². The first-order chi connectivity index (χ1) is 20.0. The van der Waals surface area contributed by atoms with Gasteiger partial charge in [0.2, 0.25) is 5.91 Å². The van der Waals surface area contributed by atoms with Crippen LogP contribution in [0.4, 0.5) is 0 Å². The minimum absolute atomic E-state index is 0.00163. The number of hydrogen-bond acceptors (Lipinski definition) is 4. The van der Waals surface area contributed by atoms with Crippen LogP contribution in [0.1, 0.15) is 139 Å². The normalized spacial score (nSPS) is 45.6. The van der Waals surface area contributed by atoms with Crippen LogP contribution in [0.2, 0.25) is 0 Å². The molecule has 0 aromatic rings. The van der Waals surface area contributed by atoms with E-state index in [1.807, 2.05) is 6.92 Å². The first kappa shape index (κ1) is 32.8. The number of rotatable bonds is 7. The average Bonchev–Trinajstić information content (AvgIpc) is 3.32. The van der Waals surface area contributed by atoms with E-state index in [1.54, 1.807) is 6.92 Å². The molecule has 4 unspecified atom stereocenters. The van der Waals surface area contributed by atoms with Crippen LogP contribution in [-0.4, -0.2) is 35.1 Å². The molecule has 11 atom stereocenters. The fraction of sp³-hybridized carbons (Fsp3) is 0.919. The lowest BCUT2D eigenvalue weighted by Crippen LogP contribution is -2.67. The summed E-state index contributed by atoms with van der Waals surface area (Å²) in [4.78, 5) is 38.4. The van der Waals surface area contributed by atoms with Crippen molar-refractivity contribution in [2.75, 3.05) is 0 Å². The van der Waals surface area contributed by atoms with Gasteiger partial charge in [-0.15, -0.1) is 0 Å². The summed E-state index contributed by atoms with van der Waals surface area (Å²) in [5.74, 6) is 1.91. The Balaban J connectivity index is 1.47. The molecule has 43 heavy (non-hydrogen) atoms. The molecule has 0 aromatic carbocycles. The van der Waals surface area contributed by atoms with Crippen molar-refractivity contribution in [3.63, 3.8) is 0 Å². The first-order valence-corrected chi connectivity index (χ1v) is 17.7. The molecule has 6 heteroatoms. The molecule has 5 aliphatic carbocycles. The molecule has 0 radical (unpaired) electrons. The molecule has 0 heterocycles. The van der Waals surface area contributed by atoms with Crippen LogP contribution in [0.15, 0.2) is 0 Å². The van der Waals surface area contributed by atoms with E-state index in [9.17, 15) is 19.5 Å². The molecule has 0 aliphatic heterocycles. The number of nitrogens with one attached hydrogen (secondary N) is 1. The van der Waals surface area contributed by atoms with Crippen LogP contribution in [0, 0.1) is 62.6 Å². The molecule has 5 saturated carbocycles. The van der Waals surface area contributed by atoms with Crippen LogP contribution in [0.5, 0.6) is 0 Å². The molecule has 6 nitrogen and oxygen atoms in total. The monoisotopic (exact) mass is 599 g/mol. The third-order valence-electron chi connectivity index (χ3n) is 15.2. The number of carbonyl (C=O) groups is 3. The third-order valence-corrected chi connectivity index (χ3v) is 15.2. The molecule has 5 aliphatic rings. The van der Waals surface area contributed by atoms with E-state index >= 15 is 0 Å². The van der Waals surface area contributed by atoms with Crippen molar-refractivity contribution in [3.05, 3.63) is 0 Å². The summed E-state index contributed by atoms with van der Waals surface area (Å²) in [5, 5.41) is 12.5. The molecule has 1 amide bonds. The SMILES string of the molecule is CCCC(=O)O[C@@H]1CC[C@@]2(C)C(CC[C@]3(C)C2CCC2C4[C@H](C(C)C)CC[C@]4(C(=O)N[C@@H](C)C(=O)O)CC[C@]23C)C1(C)C. The summed E-state index contributed by atoms with van der Waals surface area (Å²) < 4.78 is 6.15. The minimum Gasteiger partial charge on any atom is -0.480 e. The Morgan fingerprint density at radius 2 is 1.53 bits per heavy atom. The Labute approximate surface area is 261 Å². The summed E-state index contributed by atoms with van der Waals surface area (Å²) in [7, 11) is 0. The standard InChI is InChI=1S/C37H61NO5/c1-10-11-29(39)43-28-16-17-34(7)26(33(28,5)6)15-18-36(9)27(34)13-12-25-30-24(22(2)3)14-19-37(30,21-20-35(25,36)8)32(42)38-23(4)31(40)41/h22-28,30H,10-21H2,1-9H3,(H,38,42)(H,40,41)/t23-,24-,25?,26?,27?,28+,30?,34-,35+,36+,37-/m0/s1. The summed E-state index contributed by atoms with van der Waals surface area (Å²) >= 11 is 0. The lowest BCUT2D eigenvalue weighted by atomic mass is 9.32. The van der Waals surface area contributed by atoms with Gasteiger partial charge in [0.15, 0.2) is 0 Å². The summed E-state index contributed by atoms with van der Waals surface area (Å²) in [5.41, 5.74) is 0.0286. The van der Waals surface area contributed by atoms with Crippen molar-refractivity contribution >= 4 is 17.8 Å². The summed E-state index contributed by atoms with van der Waals surface area (Å²) in [6.07, 6.45) is 12.0. The minimum atomic E-state index is -0.962. The highest BCUT2D eigenvalue weighted by molar-refractivity contribution is 5.88. The van der Waals surface area contributed by atoms with Gasteiger partial charge < -0.3 is 15.2 Å². The number of carboxylic acids is 1. The maximum Gasteiger partial charge on any atom is 0.325 e. The summed E-state index contributed by atoms with van der Waals surface area (Å²) in [6.45, 7) is 20.8. The van der Waals surface area contributed by atoms with Crippen molar-refractivity contribution in [1.29, 1.82) is 0 Å². The first-order valence-electron chi connectivity index (χ1n) is 17.7. The Morgan fingerprint density at radius 1 is 0.837 bits per heavy atom. The fourth-order valence-electron chi connectivity index (χ4n) is 12.8. The van der Waals surface area contributed by atoms with Gasteiger partial charge in [-0.25, -0.2) is 0 Å². The summed E-state index contributed by atoms with van der Waals surface area (Å²) in [6, 6.07) is -0.864. The van der Waals surface area contributed by atoms with Gasteiger partial charge in [0.25, 0.3) is 0 Å². The number of fused-ring (bicyclic) bond motifs is 7. The third kappa shape index (κ3) is 4.72. The Kier molecular flexibility index (Phi) is 8.42. The molecule has 0 spiro atoms. The predicted octanol–water partition coefficient (Wildman–Crippen LogP) is 8.03. The molecule has 5 fully saturated rings. The van der Waals surface area contributed by atoms with Gasteiger partial charge in [-0.05, 0) is 129 Å². The molecule has 0 saturated heterocycles. The highest BCUT2D eigenvalue weighted by atomic mass is 16.5. The maximum atomic E-state index is 14.1. The van der Waals surface area contributed by atoms with E-state index in [4.69, 9.17) is 4.74 Å². The zero-order valence-electron chi connectivity index (χ0n) is 28.7. The van der Waals surface area contributed by atoms with Crippen LogP contribution in [-0.2, 0) is 19.1 Å². The molecular formula is C37H61NO5. The number of carbonyl (C=O) groups excluding carboxylic acids is 2. The van der Waals surface area contributed by atoms with Crippen LogP contribution < -0.4 is 5.32 Å². The van der Waals surface area contributed by atoms with E-state index in [2.05, 4.69) is 53.8 Å². The topological polar surface area (TPSA) is 92.7 Å². The molecular weight excluding hydrogens is 538 g/mol. The van der Waals surface area contributed by atoms with Crippen LogP contribution in [0.3, 0.4) is 0 Å². The number of aliphatic carboxylic acids is 1. The number of hydrogen-bond donors (Lipinski definition) is 2. The van der Waals surface area contributed by atoms with Crippen LogP contribution in [0.25, 0.3) is 0 Å². The highest BCUT2D eigenvalue weighted by Gasteiger charge is 2.72. The van der Waals surface area contributed by atoms with Gasteiger partial charge in [0, 0.05) is 11.8 Å². The van der Waals surface area contributed by atoms with E-state index < -0.39 is 17.4 Å². The fourth-order valence-corrected chi connectivity index (χ4v) is 12.8. The second-order valence-corrected chi connectivity index (χ2v) is 17.4. The Hall–Kier alpha value is -1.59. The number of esters is 1. The van der Waals surface area contributed by atoms with Crippen molar-refractivity contribution in [3.8, 4) is 0 Å². The lowest BCUT2D eigenvalue weighted by molar-refractivity contribution is -0.250. The van der Waals surface area contributed by atoms with Gasteiger partial charge >= 0.3 is 11.9 Å². The molecule has 5 rings (SSSR count). The highest BCUT2D eigenvalue weighted by Crippen LogP contribution is 2.77. The van der Waals surface area contributed by atoms with Gasteiger partial charge in [-0.1, -0.05) is 55.4 Å². The van der Waals surface area contributed by atoms with Crippen molar-refractivity contribution in [1.82, 2.24) is 5.32 Å². The van der Waals surface area contributed by atoms with Gasteiger partial charge in [-0.2, -0.15) is 0 Å². The van der Waals surface area contributed by atoms with Crippen LogP contribution >= 0.6 is 0 Å². The lowest BCUT2D eigenvalue weighted by Gasteiger charge is -2.73. The number of ether oxygens (including phenoxy) is 1. The van der Waals surface area contributed by atoms with E-state index in [-0.39, 0.29) is 39.6 Å². The largest absolute Gasteiger partial charge is 0.480 e. The molecule has 244 valence electrons. The second kappa shape index (κ2) is 11.0. The number of amides is 1. The maximum absolute atomic E-state index is 14.1. The Morgan fingerprint density at radius 3 is 2.16 bits per heavy atom. The second-order valence-electron chi connectivity index (χ2n) is 17.4. The number of carboxylic acid groups (broad SMARTS) is 1. The Bertz CT molecular complexity index is 1120. The molecule has 0 bridgehead atoms. The quantitative estimate of drug-likeness (QED) is 0.289. The van der Waals surface area contributed by atoms with E-state index in [0.29, 0.717) is 41.9 Å². The van der Waals surface area contributed by atoms with Gasteiger partial charge in [-0.3, -0.25) is 14.4 Å². The van der Waals surface area contributed by atoms with E-state index in [0.717, 1.165) is 51.4 Å². The predicted molar refractivity (Wildman–Crippen MR) is 169 cm³/mol.